The second kappa shape index (κ2) is 2.96. The van der Waals surface area contributed by atoms with E-state index in [1.807, 2.05) is 13.0 Å². The minimum atomic E-state index is -0.109. The maximum absolute atomic E-state index is 9.08. The fourth-order valence-corrected chi connectivity index (χ4v) is 1.27. The van der Waals surface area contributed by atoms with Crippen molar-refractivity contribution in [2.24, 2.45) is 0 Å². The second-order valence-electron chi connectivity index (χ2n) is 3.68. The van der Waals surface area contributed by atoms with Crippen LogP contribution >= 0.6 is 0 Å². The summed E-state index contributed by atoms with van der Waals surface area (Å²) in [6.07, 6.45) is 3.74. The van der Waals surface area contributed by atoms with Gasteiger partial charge in [0.05, 0.1) is 18.3 Å². The molecule has 70 valence electrons. The normalized spacial score (nSPS) is 18.3. The predicted octanol–water partition coefficient (Wildman–Crippen LogP) is 0.722. The Balaban J connectivity index is 2.09. The van der Waals surface area contributed by atoms with Gasteiger partial charge in [-0.05, 0) is 31.4 Å². The van der Waals surface area contributed by atoms with Gasteiger partial charge in [-0.25, -0.2) is 0 Å². The summed E-state index contributed by atoms with van der Waals surface area (Å²) in [6.45, 7) is 2.14. The van der Waals surface area contributed by atoms with Crippen LogP contribution in [0.3, 0.4) is 0 Å². The first-order valence-corrected chi connectivity index (χ1v) is 4.42. The number of anilines is 1. The van der Waals surface area contributed by atoms with Crippen LogP contribution in [0.25, 0.3) is 0 Å². The topological polar surface area (TPSA) is 58.0 Å². The lowest BCUT2D eigenvalue weighted by Gasteiger charge is -2.14. The van der Waals surface area contributed by atoms with Gasteiger partial charge in [0, 0.05) is 0 Å². The van der Waals surface area contributed by atoms with Gasteiger partial charge in [0.1, 0.15) is 5.82 Å². The second-order valence-corrected chi connectivity index (χ2v) is 3.68. The number of hydrogen-bond donors (Lipinski definition) is 2. The maximum atomic E-state index is 9.08. The zero-order chi connectivity index (χ0) is 9.31. The van der Waals surface area contributed by atoms with Crippen LogP contribution in [0.2, 0.25) is 0 Å². The first-order chi connectivity index (χ1) is 6.24. The molecule has 13 heavy (non-hydrogen) atoms. The average molecular weight is 179 g/mol. The molecular formula is C9H13N3O. The molecule has 0 spiro atoms. The van der Waals surface area contributed by atoms with Crippen LogP contribution in [0.4, 0.5) is 5.82 Å². The highest BCUT2D eigenvalue weighted by atomic mass is 16.3. The lowest BCUT2D eigenvalue weighted by molar-refractivity contribution is 0.266. The Morgan fingerprint density at radius 2 is 2.38 bits per heavy atom. The van der Waals surface area contributed by atoms with Gasteiger partial charge in [0.2, 0.25) is 0 Å². The summed E-state index contributed by atoms with van der Waals surface area (Å²) in [5.41, 5.74) is 0.967. The molecule has 4 heteroatoms. The Morgan fingerprint density at radius 3 is 2.92 bits per heavy atom. The molecule has 1 aliphatic rings. The Kier molecular flexibility index (Phi) is 1.92. The van der Waals surface area contributed by atoms with E-state index in [4.69, 9.17) is 5.11 Å². The first-order valence-electron chi connectivity index (χ1n) is 4.42. The van der Waals surface area contributed by atoms with Gasteiger partial charge in [-0.2, -0.15) is 5.10 Å². The van der Waals surface area contributed by atoms with Gasteiger partial charge in [0.15, 0.2) is 0 Å². The summed E-state index contributed by atoms with van der Waals surface area (Å²) >= 11 is 0. The van der Waals surface area contributed by atoms with Crippen LogP contribution in [-0.4, -0.2) is 27.4 Å². The van der Waals surface area contributed by atoms with Crippen LogP contribution in [-0.2, 0) is 0 Å². The Bertz CT molecular complexity index is 309. The number of aliphatic hydroxyl groups excluding tert-OH is 1. The average Bonchev–Trinajstić information content (AvgIpc) is 2.86. The van der Waals surface area contributed by atoms with Crippen LogP contribution < -0.4 is 5.32 Å². The minimum Gasteiger partial charge on any atom is -0.394 e. The van der Waals surface area contributed by atoms with Gasteiger partial charge >= 0.3 is 0 Å². The first kappa shape index (κ1) is 8.44. The molecule has 0 saturated heterocycles. The summed E-state index contributed by atoms with van der Waals surface area (Å²) in [7, 11) is 0. The van der Waals surface area contributed by atoms with Crippen molar-refractivity contribution in [3.63, 3.8) is 0 Å². The third-order valence-electron chi connectivity index (χ3n) is 2.34. The van der Waals surface area contributed by atoms with Gasteiger partial charge in [-0.15, -0.1) is 5.10 Å². The van der Waals surface area contributed by atoms with Crippen molar-refractivity contribution in [3.05, 3.63) is 17.8 Å². The molecule has 4 nitrogen and oxygen atoms in total. The summed E-state index contributed by atoms with van der Waals surface area (Å²) in [5.74, 6) is 0.756. The van der Waals surface area contributed by atoms with Crippen molar-refractivity contribution in [2.45, 2.75) is 25.3 Å². The molecule has 0 radical (unpaired) electrons. The quantitative estimate of drug-likeness (QED) is 0.718. The van der Waals surface area contributed by atoms with E-state index in [9.17, 15) is 0 Å². The minimum absolute atomic E-state index is 0.109. The van der Waals surface area contributed by atoms with E-state index in [2.05, 4.69) is 15.5 Å². The highest BCUT2D eigenvalue weighted by Crippen LogP contribution is 2.37. The zero-order valence-electron chi connectivity index (χ0n) is 7.62. The predicted molar refractivity (Wildman–Crippen MR) is 49.4 cm³/mol. The number of rotatable bonds is 3. The van der Waals surface area contributed by atoms with E-state index in [-0.39, 0.29) is 12.1 Å². The molecule has 2 rings (SSSR count). The molecule has 0 aliphatic heterocycles. The van der Waals surface area contributed by atoms with Crippen LogP contribution in [0.5, 0.6) is 0 Å². The smallest absolute Gasteiger partial charge is 0.149 e. The maximum Gasteiger partial charge on any atom is 0.149 e. The van der Waals surface area contributed by atoms with E-state index in [1.165, 1.54) is 0 Å². The summed E-state index contributed by atoms with van der Waals surface area (Å²) in [4.78, 5) is 0. The molecule has 1 heterocycles. The van der Waals surface area contributed by atoms with Gasteiger partial charge in [-0.1, -0.05) is 0 Å². The summed E-state index contributed by atoms with van der Waals surface area (Å²) in [6, 6.07) is 1.93. The molecule has 0 bridgehead atoms. The molecule has 0 aromatic carbocycles. The molecule has 0 atom stereocenters. The van der Waals surface area contributed by atoms with Gasteiger partial charge in [0.25, 0.3) is 0 Å². The SMILES string of the molecule is Cc1cnnc(NC2(CO)CC2)c1. The van der Waals surface area contributed by atoms with Crippen molar-refractivity contribution in [3.8, 4) is 0 Å². The van der Waals surface area contributed by atoms with Crippen LogP contribution in [0.15, 0.2) is 12.3 Å². The van der Waals surface area contributed by atoms with Gasteiger partial charge < -0.3 is 10.4 Å². The molecule has 2 N–H and O–H groups in total. The largest absolute Gasteiger partial charge is 0.394 e. The van der Waals surface area contributed by atoms with E-state index < -0.39 is 0 Å². The summed E-state index contributed by atoms with van der Waals surface area (Å²) < 4.78 is 0. The van der Waals surface area contributed by atoms with E-state index >= 15 is 0 Å². The lowest BCUT2D eigenvalue weighted by atomic mass is 10.3. The molecule has 0 amide bonds. The van der Waals surface area contributed by atoms with Crippen LogP contribution in [0, 0.1) is 6.92 Å². The van der Waals surface area contributed by atoms with E-state index in [0.717, 1.165) is 24.2 Å². The molecule has 1 aliphatic carbocycles. The van der Waals surface area contributed by atoms with Crippen LogP contribution in [0.1, 0.15) is 18.4 Å². The molecule has 1 aromatic heterocycles. The summed E-state index contributed by atoms with van der Waals surface area (Å²) in [5, 5.41) is 20.0. The Labute approximate surface area is 77.0 Å². The number of hydrogen-bond acceptors (Lipinski definition) is 4. The Hall–Kier alpha value is -1.16. The number of aryl methyl sites for hydroxylation is 1. The number of aliphatic hydroxyl groups is 1. The molecule has 1 saturated carbocycles. The monoisotopic (exact) mass is 179 g/mol. The third kappa shape index (κ3) is 1.78. The number of aromatic nitrogens is 2. The van der Waals surface area contributed by atoms with Gasteiger partial charge in [-0.3, -0.25) is 0 Å². The number of nitrogens with one attached hydrogen (secondary N) is 1. The van der Waals surface area contributed by atoms with E-state index in [0.29, 0.717) is 0 Å². The zero-order valence-corrected chi connectivity index (χ0v) is 7.62. The lowest BCUT2D eigenvalue weighted by Crippen LogP contribution is -2.26. The fourth-order valence-electron chi connectivity index (χ4n) is 1.27. The van der Waals surface area contributed by atoms with Crippen molar-refractivity contribution < 1.29 is 5.11 Å². The fraction of sp³-hybridized carbons (Fsp3) is 0.556. The van der Waals surface area contributed by atoms with Crippen molar-refractivity contribution in [1.82, 2.24) is 10.2 Å². The molecular weight excluding hydrogens is 166 g/mol. The Morgan fingerprint density at radius 1 is 1.62 bits per heavy atom. The molecule has 1 fully saturated rings. The van der Waals surface area contributed by atoms with Crippen molar-refractivity contribution in [1.29, 1.82) is 0 Å². The van der Waals surface area contributed by atoms with E-state index in [1.54, 1.807) is 6.20 Å². The number of nitrogens with zero attached hydrogens (tertiary/aromatic N) is 2. The standard InChI is InChI=1S/C9H13N3O/c1-7-4-8(12-10-5-7)11-9(6-13)2-3-9/h4-5,13H,2-3,6H2,1H3,(H,11,12). The highest BCUT2D eigenvalue weighted by Gasteiger charge is 2.42. The molecule has 0 unspecified atom stereocenters. The molecule has 1 aromatic rings. The highest BCUT2D eigenvalue weighted by molar-refractivity contribution is 5.40. The third-order valence-corrected chi connectivity index (χ3v) is 2.34. The van der Waals surface area contributed by atoms with Crippen molar-refractivity contribution in [2.75, 3.05) is 11.9 Å². The van der Waals surface area contributed by atoms with Crippen molar-refractivity contribution >= 4 is 5.82 Å².